The van der Waals surface area contributed by atoms with Gasteiger partial charge in [0.05, 0.1) is 0 Å². The van der Waals surface area contributed by atoms with Gasteiger partial charge in [-0.2, -0.15) is 0 Å². The summed E-state index contributed by atoms with van der Waals surface area (Å²) < 4.78 is 28.0. The zero-order valence-corrected chi connectivity index (χ0v) is 10.8. The second-order valence-electron chi connectivity index (χ2n) is 5.40. The molecule has 1 aliphatic heterocycles. The first-order chi connectivity index (χ1) is 8.04. The molecule has 1 rings (SSSR count). The molecule has 7 heteroatoms. The Morgan fingerprint density at radius 3 is 2.39 bits per heavy atom. The average molecular weight is 266 g/mol. The fourth-order valence-electron chi connectivity index (χ4n) is 1.44. The summed E-state index contributed by atoms with van der Waals surface area (Å²) in [5.74, 6) is 0. The van der Waals surface area contributed by atoms with Crippen molar-refractivity contribution >= 4 is 6.16 Å². The highest BCUT2D eigenvalue weighted by Crippen LogP contribution is 2.33. The molecule has 1 aliphatic rings. The third-order valence-corrected chi connectivity index (χ3v) is 2.47. The smallest absolute Gasteiger partial charge is 0.431 e. The van der Waals surface area contributed by atoms with E-state index in [9.17, 15) is 19.4 Å². The van der Waals surface area contributed by atoms with E-state index in [2.05, 4.69) is 0 Å². The van der Waals surface area contributed by atoms with Crippen LogP contribution in [0.1, 0.15) is 27.7 Å². The molecule has 0 aromatic heterocycles. The van der Waals surface area contributed by atoms with Crippen molar-refractivity contribution in [3.63, 3.8) is 0 Å². The predicted molar refractivity (Wildman–Crippen MR) is 58.6 cm³/mol. The number of carbonyl (C=O) groups excluding carboxylic acids is 1. The zero-order chi connectivity index (χ0) is 14.1. The molecule has 0 spiro atoms. The minimum atomic E-state index is -2.29. The van der Waals surface area contributed by atoms with E-state index in [4.69, 9.17) is 14.2 Å². The molecule has 0 radical (unpaired) electrons. The van der Waals surface area contributed by atoms with Crippen LogP contribution in [0, 0.1) is 0 Å². The molecule has 2 N–H and O–H groups in total. The Labute approximate surface area is 105 Å². The highest BCUT2D eigenvalue weighted by Gasteiger charge is 2.53. The number of rotatable bonds is 2. The molecule has 0 saturated carbocycles. The first-order valence-electron chi connectivity index (χ1n) is 5.60. The Bertz CT molecular complexity index is 311. The Morgan fingerprint density at radius 1 is 1.44 bits per heavy atom. The summed E-state index contributed by atoms with van der Waals surface area (Å²) >= 11 is 0. The van der Waals surface area contributed by atoms with Gasteiger partial charge in [-0.25, -0.2) is 9.18 Å². The van der Waals surface area contributed by atoms with Crippen LogP contribution in [0.3, 0.4) is 0 Å². The number of halogens is 1. The number of aliphatic hydroxyl groups excluding tert-OH is 2. The van der Waals surface area contributed by atoms with E-state index in [1.54, 1.807) is 20.8 Å². The molecule has 4 atom stereocenters. The SMILES string of the molecule is CC(C)(C)OC(=O)OC[C@H]1O[C@H](O)[C@](C)(F)[C@@H]1O. The van der Waals surface area contributed by atoms with Crippen LogP contribution in [0.4, 0.5) is 9.18 Å². The van der Waals surface area contributed by atoms with Gasteiger partial charge >= 0.3 is 6.16 Å². The summed E-state index contributed by atoms with van der Waals surface area (Å²) in [4.78, 5) is 11.2. The van der Waals surface area contributed by atoms with E-state index >= 15 is 0 Å². The second-order valence-corrected chi connectivity index (χ2v) is 5.40. The van der Waals surface area contributed by atoms with E-state index in [1.807, 2.05) is 0 Å². The molecule has 106 valence electrons. The first-order valence-corrected chi connectivity index (χ1v) is 5.60. The third-order valence-electron chi connectivity index (χ3n) is 2.47. The minimum Gasteiger partial charge on any atom is -0.431 e. The van der Waals surface area contributed by atoms with Gasteiger partial charge in [-0.15, -0.1) is 0 Å². The highest BCUT2D eigenvalue weighted by molar-refractivity contribution is 5.60. The van der Waals surface area contributed by atoms with Crippen LogP contribution in [0.25, 0.3) is 0 Å². The van der Waals surface area contributed by atoms with Gasteiger partial charge < -0.3 is 24.4 Å². The maximum Gasteiger partial charge on any atom is 0.508 e. The van der Waals surface area contributed by atoms with Crippen LogP contribution in [-0.2, 0) is 14.2 Å². The largest absolute Gasteiger partial charge is 0.508 e. The van der Waals surface area contributed by atoms with Gasteiger partial charge in [0, 0.05) is 0 Å². The lowest BCUT2D eigenvalue weighted by Gasteiger charge is -2.21. The number of carbonyl (C=O) groups is 1. The fourth-order valence-corrected chi connectivity index (χ4v) is 1.44. The molecule has 0 bridgehead atoms. The van der Waals surface area contributed by atoms with Gasteiger partial charge in [-0.1, -0.05) is 0 Å². The highest BCUT2D eigenvalue weighted by atomic mass is 19.1. The number of alkyl halides is 1. The van der Waals surface area contributed by atoms with Gasteiger partial charge in [0.2, 0.25) is 0 Å². The summed E-state index contributed by atoms with van der Waals surface area (Å²) in [6.45, 7) is 5.61. The molecule has 0 aliphatic carbocycles. The molecular weight excluding hydrogens is 247 g/mol. The number of ether oxygens (including phenoxy) is 3. The number of hydrogen-bond acceptors (Lipinski definition) is 6. The van der Waals surface area contributed by atoms with Crippen LogP contribution < -0.4 is 0 Å². The van der Waals surface area contributed by atoms with Crippen LogP contribution in [0.5, 0.6) is 0 Å². The lowest BCUT2D eigenvalue weighted by Crippen LogP contribution is -2.42. The third kappa shape index (κ3) is 3.54. The number of hydrogen-bond donors (Lipinski definition) is 2. The normalized spacial score (nSPS) is 36.5. The van der Waals surface area contributed by atoms with Gasteiger partial charge in [-0.3, -0.25) is 0 Å². The fraction of sp³-hybridized carbons (Fsp3) is 0.909. The summed E-state index contributed by atoms with van der Waals surface area (Å²) in [5, 5.41) is 18.8. The Kier molecular flexibility index (Phi) is 4.19. The molecule has 0 aromatic carbocycles. The topological polar surface area (TPSA) is 85.2 Å². The lowest BCUT2D eigenvalue weighted by atomic mass is 10.0. The van der Waals surface area contributed by atoms with E-state index in [0.717, 1.165) is 6.92 Å². The zero-order valence-electron chi connectivity index (χ0n) is 10.8. The maximum atomic E-state index is 13.6. The quantitative estimate of drug-likeness (QED) is 0.717. The molecule has 6 nitrogen and oxygen atoms in total. The Hall–Kier alpha value is -0.920. The van der Waals surface area contributed by atoms with Crippen LogP contribution in [0.15, 0.2) is 0 Å². The maximum absolute atomic E-state index is 13.6. The van der Waals surface area contributed by atoms with Crippen LogP contribution in [0.2, 0.25) is 0 Å². The van der Waals surface area contributed by atoms with Crippen molar-refractivity contribution in [1.82, 2.24) is 0 Å². The molecule has 18 heavy (non-hydrogen) atoms. The van der Waals surface area contributed by atoms with E-state index < -0.39 is 42.5 Å². The van der Waals surface area contributed by atoms with Crippen LogP contribution in [-0.4, -0.2) is 52.7 Å². The molecule has 1 heterocycles. The van der Waals surface area contributed by atoms with Crippen molar-refractivity contribution in [1.29, 1.82) is 0 Å². The van der Waals surface area contributed by atoms with Crippen LogP contribution >= 0.6 is 0 Å². The van der Waals surface area contributed by atoms with Gasteiger partial charge in [0.15, 0.2) is 12.0 Å². The average Bonchev–Trinajstić information content (AvgIpc) is 2.37. The summed E-state index contributed by atoms with van der Waals surface area (Å²) in [6.07, 6.45) is -5.39. The van der Waals surface area contributed by atoms with Gasteiger partial charge in [0.1, 0.15) is 24.4 Å². The molecule has 0 aromatic rings. The second kappa shape index (κ2) is 4.99. The van der Waals surface area contributed by atoms with Gasteiger partial charge in [0.25, 0.3) is 0 Å². The summed E-state index contributed by atoms with van der Waals surface area (Å²) in [7, 11) is 0. The molecule has 1 fully saturated rings. The standard InChI is InChI=1S/C11H19FO6/c1-10(2,3)18-9(15)16-5-6-7(13)11(4,12)8(14)17-6/h6-8,13-14H,5H2,1-4H3/t6-,7-,8+,11-/m1/s1. The monoisotopic (exact) mass is 266 g/mol. The minimum absolute atomic E-state index is 0.396. The molecule has 0 unspecified atom stereocenters. The van der Waals surface area contributed by atoms with Gasteiger partial charge in [-0.05, 0) is 27.7 Å². The summed E-state index contributed by atoms with van der Waals surface area (Å²) in [5.41, 5.74) is -3.00. The van der Waals surface area contributed by atoms with Crippen molar-refractivity contribution in [2.24, 2.45) is 0 Å². The van der Waals surface area contributed by atoms with Crippen molar-refractivity contribution in [2.45, 2.75) is 57.5 Å². The Morgan fingerprint density at radius 2 is 2.00 bits per heavy atom. The molecule has 1 saturated heterocycles. The summed E-state index contributed by atoms with van der Waals surface area (Å²) in [6, 6.07) is 0. The predicted octanol–water partition coefficient (Wildman–Crippen LogP) is 0.744. The van der Waals surface area contributed by atoms with Crippen molar-refractivity contribution in [2.75, 3.05) is 6.61 Å². The van der Waals surface area contributed by atoms with E-state index in [-0.39, 0.29) is 0 Å². The Balaban J connectivity index is 2.44. The lowest BCUT2D eigenvalue weighted by molar-refractivity contribution is -0.145. The van der Waals surface area contributed by atoms with Crippen molar-refractivity contribution in [3.05, 3.63) is 0 Å². The van der Waals surface area contributed by atoms with Crippen molar-refractivity contribution in [3.8, 4) is 0 Å². The van der Waals surface area contributed by atoms with Crippen molar-refractivity contribution < 1.29 is 33.6 Å². The number of aliphatic hydroxyl groups is 2. The molecular formula is C11H19FO6. The van der Waals surface area contributed by atoms with E-state index in [0.29, 0.717) is 0 Å². The first kappa shape index (κ1) is 15.1. The molecule has 0 amide bonds. The van der Waals surface area contributed by atoms with E-state index in [1.165, 1.54) is 0 Å².